The largest absolute Gasteiger partial charge is 0.385 e. The summed E-state index contributed by atoms with van der Waals surface area (Å²) >= 11 is 0. The molecule has 106 valence electrons. The van der Waals surface area contributed by atoms with Crippen molar-refractivity contribution in [3.63, 3.8) is 0 Å². The first-order valence-corrected chi connectivity index (χ1v) is 6.93. The second kappa shape index (κ2) is 6.15. The van der Waals surface area contributed by atoms with Crippen LogP contribution in [0.5, 0.6) is 0 Å². The van der Waals surface area contributed by atoms with Gasteiger partial charge in [0.15, 0.2) is 0 Å². The van der Waals surface area contributed by atoms with Gasteiger partial charge in [-0.3, -0.25) is 0 Å². The van der Waals surface area contributed by atoms with E-state index in [9.17, 15) is 0 Å². The second-order valence-electron chi connectivity index (χ2n) is 4.92. The smallest absolute Gasteiger partial charge is 0.140 e. The summed E-state index contributed by atoms with van der Waals surface area (Å²) in [7, 11) is 1.73. The lowest BCUT2D eigenvalue weighted by Gasteiger charge is -2.36. The highest BCUT2D eigenvalue weighted by Gasteiger charge is 2.25. The van der Waals surface area contributed by atoms with Gasteiger partial charge in [0.2, 0.25) is 0 Å². The third-order valence-corrected chi connectivity index (χ3v) is 3.68. The summed E-state index contributed by atoms with van der Waals surface area (Å²) in [5.74, 6) is 1.00. The van der Waals surface area contributed by atoms with E-state index in [-0.39, 0.29) is 0 Å². The summed E-state index contributed by atoms with van der Waals surface area (Å²) < 4.78 is 10.8. The Kier molecular flexibility index (Phi) is 4.08. The van der Waals surface area contributed by atoms with Gasteiger partial charge in [0.1, 0.15) is 12.1 Å². The van der Waals surface area contributed by atoms with E-state index >= 15 is 0 Å². The fraction of sp³-hybridized carbons (Fsp3) is 0.467. The van der Waals surface area contributed by atoms with Crippen molar-refractivity contribution in [1.29, 1.82) is 0 Å². The van der Waals surface area contributed by atoms with Crippen LogP contribution in [0.3, 0.4) is 0 Å². The standard InChI is InChI=1S/C15H19N3O2/c1-19-8-6-12-10-20-9-7-18(12)15-13-4-2-3-5-14(13)16-11-17-15/h2-5,11-12H,6-10H2,1H3/t12-/m1/s1. The SMILES string of the molecule is COCC[C@@H]1COCCN1c1ncnc2ccccc12. The number of fused-ring (bicyclic) bond motifs is 1. The molecule has 0 spiro atoms. The summed E-state index contributed by atoms with van der Waals surface area (Å²) in [6.07, 6.45) is 2.58. The number of rotatable bonds is 4. The summed E-state index contributed by atoms with van der Waals surface area (Å²) in [6.45, 7) is 3.05. The van der Waals surface area contributed by atoms with E-state index < -0.39 is 0 Å². The average Bonchev–Trinajstić information content (AvgIpc) is 2.53. The van der Waals surface area contributed by atoms with Crippen molar-refractivity contribution in [1.82, 2.24) is 9.97 Å². The molecule has 0 bridgehead atoms. The molecule has 2 heterocycles. The van der Waals surface area contributed by atoms with Crippen molar-refractivity contribution >= 4 is 16.7 Å². The molecule has 1 aromatic carbocycles. The molecule has 1 saturated heterocycles. The summed E-state index contributed by atoms with van der Waals surface area (Å²) in [5, 5.41) is 1.10. The average molecular weight is 273 g/mol. The van der Waals surface area contributed by atoms with E-state index in [1.54, 1.807) is 13.4 Å². The van der Waals surface area contributed by atoms with Crippen LogP contribution in [0.4, 0.5) is 5.82 Å². The Hall–Kier alpha value is -1.72. The number of aromatic nitrogens is 2. The van der Waals surface area contributed by atoms with Crippen molar-refractivity contribution < 1.29 is 9.47 Å². The van der Waals surface area contributed by atoms with Crippen molar-refractivity contribution in [3.05, 3.63) is 30.6 Å². The van der Waals surface area contributed by atoms with Crippen molar-refractivity contribution in [2.24, 2.45) is 0 Å². The quantitative estimate of drug-likeness (QED) is 0.851. The molecule has 5 nitrogen and oxygen atoms in total. The Morgan fingerprint density at radius 2 is 2.25 bits per heavy atom. The molecule has 0 N–H and O–H groups in total. The number of hydrogen-bond acceptors (Lipinski definition) is 5. The highest BCUT2D eigenvalue weighted by molar-refractivity contribution is 5.89. The Morgan fingerprint density at radius 1 is 1.35 bits per heavy atom. The Balaban J connectivity index is 1.95. The van der Waals surface area contributed by atoms with E-state index in [2.05, 4.69) is 20.9 Å². The number of anilines is 1. The van der Waals surface area contributed by atoms with Gasteiger partial charge in [-0.2, -0.15) is 0 Å². The normalized spacial score (nSPS) is 19.4. The lowest BCUT2D eigenvalue weighted by Crippen LogP contribution is -2.46. The van der Waals surface area contributed by atoms with E-state index in [1.165, 1.54) is 0 Å². The topological polar surface area (TPSA) is 47.5 Å². The minimum atomic E-state index is 0.307. The maximum atomic E-state index is 5.60. The number of benzene rings is 1. The zero-order chi connectivity index (χ0) is 13.8. The summed E-state index contributed by atoms with van der Waals surface area (Å²) in [4.78, 5) is 11.2. The first-order chi connectivity index (χ1) is 9.90. The summed E-state index contributed by atoms with van der Waals surface area (Å²) in [6, 6.07) is 8.43. The molecule has 2 aromatic rings. The highest BCUT2D eigenvalue weighted by atomic mass is 16.5. The summed E-state index contributed by atoms with van der Waals surface area (Å²) in [5.41, 5.74) is 0.981. The van der Waals surface area contributed by atoms with Gasteiger partial charge >= 0.3 is 0 Å². The third kappa shape index (κ3) is 2.59. The fourth-order valence-corrected chi connectivity index (χ4v) is 2.65. The molecule has 1 atom stereocenters. The van der Waals surface area contributed by atoms with Crippen LogP contribution in [0.1, 0.15) is 6.42 Å². The predicted octanol–water partition coefficient (Wildman–Crippen LogP) is 1.87. The van der Waals surface area contributed by atoms with Gasteiger partial charge in [-0.1, -0.05) is 12.1 Å². The van der Waals surface area contributed by atoms with Crippen LogP contribution in [0, 0.1) is 0 Å². The number of nitrogens with zero attached hydrogens (tertiary/aromatic N) is 3. The Morgan fingerprint density at radius 3 is 3.15 bits per heavy atom. The van der Waals surface area contributed by atoms with Crippen LogP contribution in [-0.2, 0) is 9.47 Å². The van der Waals surface area contributed by atoms with Crippen molar-refractivity contribution in [2.45, 2.75) is 12.5 Å². The number of hydrogen-bond donors (Lipinski definition) is 0. The molecular formula is C15H19N3O2. The van der Waals surface area contributed by atoms with Gasteiger partial charge in [-0.05, 0) is 18.6 Å². The predicted molar refractivity (Wildman–Crippen MR) is 78.0 cm³/mol. The van der Waals surface area contributed by atoms with Crippen LogP contribution in [0.25, 0.3) is 10.9 Å². The molecule has 0 radical (unpaired) electrons. The monoisotopic (exact) mass is 273 g/mol. The minimum Gasteiger partial charge on any atom is -0.385 e. The van der Waals surface area contributed by atoms with Crippen LogP contribution in [0.15, 0.2) is 30.6 Å². The minimum absolute atomic E-state index is 0.307. The van der Waals surface area contributed by atoms with E-state index in [0.29, 0.717) is 6.04 Å². The zero-order valence-corrected chi connectivity index (χ0v) is 11.7. The van der Waals surface area contributed by atoms with Gasteiger partial charge in [0.25, 0.3) is 0 Å². The van der Waals surface area contributed by atoms with E-state index in [4.69, 9.17) is 9.47 Å². The number of methoxy groups -OCH3 is 1. The van der Waals surface area contributed by atoms with Gasteiger partial charge < -0.3 is 14.4 Å². The lowest BCUT2D eigenvalue weighted by molar-refractivity contribution is 0.0795. The molecule has 1 aliphatic rings. The van der Waals surface area contributed by atoms with Gasteiger partial charge in [-0.15, -0.1) is 0 Å². The molecular weight excluding hydrogens is 254 g/mol. The Bertz CT molecular complexity index is 571. The Labute approximate surface area is 118 Å². The molecule has 1 fully saturated rings. The first kappa shape index (κ1) is 13.3. The third-order valence-electron chi connectivity index (χ3n) is 3.68. The maximum Gasteiger partial charge on any atom is 0.140 e. The van der Waals surface area contributed by atoms with Crippen LogP contribution in [0.2, 0.25) is 0 Å². The molecule has 3 rings (SSSR count). The van der Waals surface area contributed by atoms with Crippen LogP contribution in [-0.4, -0.2) is 49.5 Å². The second-order valence-corrected chi connectivity index (χ2v) is 4.92. The van der Waals surface area contributed by atoms with E-state index in [0.717, 1.165) is 49.5 Å². The van der Waals surface area contributed by atoms with Crippen LogP contribution >= 0.6 is 0 Å². The molecule has 1 aliphatic heterocycles. The van der Waals surface area contributed by atoms with Gasteiger partial charge in [0.05, 0.1) is 24.8 Å². The molecule has 0 aliphatic carbocycles. The van der Waals surface area contributed by atoms with Crippen LogP contribution < -0.4 is 4.90 Å². The van der Waals surface area contributed by atoms with Gasteiger partial charge in [0, 0.05) is 25.6 Å². The fourth-order valence-electron chi connectivity index (χ4n) is 2.65. The molecule has 20 heavy (non-hydrogen) atoms. The number of para-hydroxylation sites is 1. The number of morpholine rings is 1. The molecule has 0 saturated carbocycles. The van der Waals surface area contributed by atoms with Crippen molar-refractivity contribution in [3.8, 4) is 0 Å². The van der Waals surface area contributed by atoms with E-state index in [1.807, 2.05) is 18.2 Å². The van der Waals surface area contributed by atoms with Gasteiger partial charge in [-0.25, -0.2) is 9.97 Å². The first-order valence-electron chi connectivity index (χ1n) is 6.93. The van der Waals surface area contributed by atoms with Crippen molar-refractivity contribution in [2.75, 3.05) is 38.4 Å². The number of ether oxygens (including phenoxy) is 2. The molecule has 5 heteroatoms. The highest BCUT2D eigenvalue weighted by Crippen LogP contribution is 2.26. The lowest BCUT2D eigenvalue weighted by atomic mass is 10.1. The zero-order valence-electron chi connectivity index (χ0n) is 11.7. The molecule has 0 unspecified atom stereocenters. The molecule has 1 aromatic heterocycles. The molecule has 0 amide bonds. The maximum absolute atomic E-state index is 5.60.